The second-order valence-corrected chi connectivity index (χ2v) is 11.6. The molecule has 0 N–H and O–H groups in total. The number of nitrogens with zero attached hydrogens (tertiary/aromatic N) is 1. The van der Waals surface area contributed by atoms with E-state index in [9.17, 15) is 0 Å². The van der Waals surface area contributed by atoms with E-state index in [1.807, 2.05) is 0 Å². The first-order valence-corrected chi connectivity index (χ1v) is 9.94. The number of hydrogen-bond acceptors (Lipinski definition) is 3. The molecule has 0 unspecified atom stereocenters. The minimum Gasteiger partial charge on any atom is -0.447 e. The van der Waals surface area contributed by atoms with Gasteiger partial charge in [0, 0.05) is 13.0 Å². The molecule has 0 aliphatic carbocycles. The van der Waals surface area contributed by atoms with Crippen molar-refractivity contribution in [3.05, 3.63) is 15.9 Å². The van der Waals surface area contributed by atoms with Crippen LogP contribution >= 0.6 is 22.6 Å². The molecule has 1 heterocycles. The summed E-state index contributed by atoms with van der Waals surface area (Å²) < 4.78 is 12.4. The van der Waals surface area contributed by atoms with Gasteiger partial charge in [0.05, 0.1) is 0 Å². The van der Waals surface area contributed by atoms with Crippen molar-refractivity contribution in [3.63, 3.8) is 0 Å². The first-order chi connectivity index (χ1) is 7.74. The number of rotatable bonds is 5. The fraction of sp³-hybridized carbons (Fsp3) is 0.750. The molecule has 3 nitrogen and oxygen atoms in total. The van der Waals surface area contributed by atoms with Crippen molar-refractivity contribution in [2.45, 2.75) is 51.7 Å². The van der Waals surface area contributed by atoms with Crippen molar-refractivity contribution in [2.75, 3.05) is 6.61 Å². The summed E-state index contributed by atoms with van der Waals surface area (Å²) in [5.41, 5.74) is 0. The zero-order valence-electron chi connectivity index (χ0n) is 11.3. The molecule has 0 saturated carbocycles. The van der Waals surface area contributed by atoms with Gasteiger partial charge in [0.1, 0.15) is 9.46 Å². The summed E-state index contributed by atoms with van der Waals surface area (Å²) in [4.78, 5) is 4.07. The molecule has 0 amide bonds. The van der Waals surface area contributed by atoms with Crippen LogP contribution in [0, 0.1) is 3.70 Å². The molecule has 0 fully saturated rings. The molecule has 0 radical (unpaired) electrons. The van der Waals surface area contributed by atoms with Crippen LogP contribution in [0.25, 0.3) is 0 Å². The lowest BCUT2D eigenvalue weighted by Crippen LogP contribution is -2.41. The molecule has 98 valence electrons. The van der Waals surface area contributed by atoms with E-state index >= 15 is 0 Å². The van der Waals surface area contributed by atoms with E-state index in [-0.39, 0.29) is 5.04 Å². The third kappa shape index (κ3) is 4.37. The molecule has 1 aromatic heterocycles. The van der Waals surface area contributed by atoms with Gasteiger partial charge in [0.2, 0.25) is 0 Å². The van der Waals surface area contributed by atoms with Gasteiger partial charge in [-0.2, -0.15) is 0 Å². The van der Waals surface area contributed by atoms with Crippen LogP contribution in [0.3, 0.4) is 0 Å². The molecule has 0 aliphatic rings. The lowest BCUT2D eigenvalue weighted by Gasteiger charge is -2.36. The van der Waals surface area contributed by atoms with E-state index in [4.69, 9.17) is 8.84 Å². The monoisotopic (exact) mass is 367 g/mol. The second-order valence-electron chi connectivity index (χ2n) is 5.78. The standard InChI is InChI=1S/C12H22INO2Si/c1-12(2,3)17(4,5)16-8-6-7-10-11(13)14-9-15-10/h9H,6-8H2,1-5H3. The predicted octanol–water partition coefficient (Wildman–Crippen LogP) is 4.23. The third-order valence-electron chi connectivity index (χ3n) is 3.41. The molecule has 0 spiro atoms. The highest BCUT2D eigenvalue weighted by Crippen LogP contribution is 2.36. The van der Waals surface area contributed by atoms with Crippen LogP contribution < -0.4 is 0 Å². The Morgan fingerprint density at radius 2 is 2.06 bits per heavy atom. The Balaban J connectivity index is 2.32. The number of hydrogen-bond donors (Lipinski definition) is 0. The van der Waals surface area contributed by atoms with E-state index in [1.54, 1.807) is 0 Å². The Kier molecular flexibility index (Phi) is 5.21. The molecule has 1 rings (SSSR count). The second kappa shape index (κ2) is 5.84. The summed E-state index contributed by atoms with van der Waals surface area (Å²) in [5.74, 6) is 0.976. The zero-order valence-corrected chi connectivity index (χ0v) is 14.5. The van der Waals surface area contributed by atoms with Crippen LogP contribution in [0.4, 0.5) is 0 Å². The van der Waals surface area contributed by atoms with Crippen molar-refractivity contribution in [3.8, 4) is 0 Å². The lowest BCUT2D eigenvalue weighted by atomic mass is 10.2. The van der Waals surface area contributed by atoms with Crippen LogP contribution in [0.1, 0.15) is 33.0 Å². The summed E-state index contributed by atoms with van der Waals surface area (Å²) in [7, 11) is -1.59. The van der Waals surface area contributed by atoms with Crippen molar-refractivity contribution in [1.29, 1.82) is 0 Å². The van der Waals surface area contributed by atoms with Gasteiger partial charge in [-0.1, -0.05) is 20.8 Å². The van der Waals surface area contributed by atoms with E-state index < -0.39 is 8.32 Å². The predicted molar refractivity (Wildman–Crippen MR) is 80.7 cm³/mol. The Bertz CT molecular complexity index is 358. The molecule has 1 aromatic rings. The molecule has 0 saturated heterocycles. The normalized spacial score (nSPS) is 13.1. The summed E-state index contributed by atoms with van der Waals surface area (Å²) in [6, 6.07) is 0. The van der Waals surface area contributed by atoms with Crippen LogP contribution in [-0.2, 0) is 10.8 Å². The van der Waals surface area contributed by atoms with Crippen LogP contribution in [0.5, 0.6) is 0 Å². The third-order valence-corrected chi connectivity index (χ3v) is 8.83. The van der Waals surface area contributed by atoms with E-state index in [0.717, 1.165) is 28.9 Å². The van der Waals surface area contributed by atoms with Crippen molar-refractivity contribution < 1.29 is 8.84 Å². The average molecular weight is 367 g/mol. The minimum atomic E-state index is -1.59. The van der Waals surface area contributed by atoms with Crippen LogP contribution in [0.2, 0.25) is 18.1 Å². The fourth-order valence-electron chi connectivity index (χ4n) is 1.20. The SMILES string of the molecule is CC(C)(C)[Si](C)(C)OCCCc1ocnc1I. The maximum Gasteiger partial charge on any atom is 0.191 e. The van der Waals surface area contributed by atoms with E-state index in [0.29, 0.717) is 0 Å². The number of halogens is 1. The van der Waals surface area contributed by atoms with Gasteiger partial charge in [-0.05, 0) is 47.1 Å². The topological polar surface area (TPSA) is 35.3 Å². The van der Waals surface area contributed by atoms with Gasteiger partial charge in [-0.15, -0.1) is 0 Å². The molecule has 0 aromatic carbocycles. The molecule has 0 bridgehead atoms. The van der Waals surface area contributed by atoms with Gasteiger partial charge in [-0.25, -0.2) is 4.98 Å². The van der Waals surface area contributed by atoms with Crippen molar-refractivity contribution in [1.82, 2.24) is 4.98 Å². The fourth-order valence-corrected chi connectivity index (χ4v) is 2.79. The molecule has 5 heteroatoms. The lowest BCUT2D eigenvalue weighted by molar-refractivity contribution is 0.279. The van der Waals surface area contributed by atoms with E-state index in [1.165, 1.54) is 6.39 Å². The molecular formula is C12H22INO2Si. The molecule has 0 atom stereocenters. The Hall–Kier alpha value is 0.117. The molecular weight excluding hydrogens is 345 g/mol. The van der Waals surface area contributed by atoms with Gasteiger partial charge in [-0.3, -0.25) is 0 Å². The maximum absolute atomic E-state index is 6.11. The molecule has 0 aliphatic heterocycles. The number of oxazole rings is 1. The van der Waals surface area contributed by atoms with Crippen LogP contribution in [0.15, 0.2) is 10.8 Å². The first-order valence-electron chi connectivity index (χ1n) is 5.96. The van der Waals surface area contributed by atoms with Gasteiger partial charge < -0.3 is 8.84 Å². The summed E-state index contributed by atoms with van der Waals surface area (Å²) in [6.07, 6.45) is 3.41. The highest BCUT2D eigenvalue weighted by molar-refractivity contribution is 14.1. The number of aryl methyl sites for hydroxylation is 1. The minimum absolute atomic E-state index is 0.285. The smallest absolute Gasteiger partial charge is 0.191 e. The molecule has 17 heavy (non-hydrogen) atoms. The first kappa shape index (κ1) is 15.2. The highest BCUT2D eigenvalue weighted by atomic mass is 127. The maximum atomic E-state index is 6.11. The van der Waals surface area contributed by atoms with Crippen molar-refractivity contribution in [2.24, 2.45) is 0 Å². The number of aromatic nitrogens is 1. The largest absolute Gasteiger partial charge is 0.447 e. The van der Waals surface area contributed by atoms with Crippen molar-refractivity contribution >= 4 is 30.9 Å². The average Bonchev–Trinajstić information content (AvgIpc) is 2.57. The summed E-state index contributed by atoms with van der Waals surface area (Å²) in [5, 5.41) is 0.285. The summed E-state index contributed by atoms with van der Waals surface area (Å²) >= 11 is 2.20. The Morgan fingerprint density at radius 3 is 2.53 bits per heavy atom. The quantitative estimate of drug-likeness (QED) is 0.444. The summed E-state index contributed by atoms with van der Waals surface area (Å²) in [6.45, 7) is 12.2. The van der Waals surface area contributed by atoms with Gasteiger partial charge in [0.15, 0.2) is 14.7 Å². The zero-order chi connectivity index (χ0) is 13.1. The Labute approximate surface area is 119 Å². The van der Waals surface area contributed by atoms with Gasteiger partial charge in [0.25, 0.3) is 0 Å². The van der Waals surface area contributed by atoms with Crippen LogP contribution in [-0.4, -0.2) is 19.9 Å². The highest BCUT2D eigenvalue weighted by Gasteiger charge is 2.36. The van der Waals surface area contributed by atoms with Gasteiger partial charge >= 0.3 is 0 Å². The Morgan fingerprint density at radius 1 is 1.41 bits per heavy atom. The van der Waals surface area contributed by atoms with E-state index in [2.05, 4.69) is 61.4 Å².